The lowest BCUT2D eigenvalue weighted by molar-refractivity contribution is -0.108. The van der Waals surface area contributed by atoms with Crippen LogP contribution in [-0.4, -0.2) is 42.5 Å². The van der Waals surface area contributed by atoms with Crippen LogP contribution in [0.5, 0.6) is 0 Å². The normalized spacial score (nSPS) is 10.6. The highest BCUT2D eigenvalue weighted by molar-refractivity contribution is 7.16. The minimum absolute atomic E-state index is 0.00888. The fourth-order valence-corrected chi connectivity index (χ4v) is 3.10. The molecule has 0 aliphatic carbocycles. The van der Waals surface area contributed by atoms with E-state index in [0.717, 1.165) is 32.7 Å². The zero-order valence-corrected chi connectivity index (χ0v) is 12.7. The number of ether oxygens (including phenoxy) is 1. The third-order valence-electron chi connectivity index (χ3n) is 3.25. The largest absolute Gasteiger partial charge is 0.453 e. The molecule has 7 heteroatoms. The molecule has 1 heterocycles. The first-order valence-corrected chi connectivity index (χ1v) is 7.26. The van der Waals surface area contributed by atoms with Gasteiger partial charge < -0.3 is 19.4 Å². The molecule has 1 N–H and O–H groups in total. The summed E-state index contributed by atoms with van der Waals surface area (Å²) in [7, 11) is 1.28. The van der Waals surface area contributed by atoms with E-state index < -0.39 is 6.09 Å². The summed E-state index contributed by atoms with van der Waals surface area (Å²) in [5, 5.41) is 0. The van der Waals surface area contributed by atoms with Crippen molar-refractivity contribution >= 4 is 33.9 Å². The highest BCUT2D eigenvalue weighted by Crippen LogP contribution is 2.23. The number of thiazole rings is 1. The Balaban J connectivity index is 2.23. The van der Waals surface area contributed by atoms with Crippen molar-refractivity contribution in [3.63, 3.8) is 0 Å². The van der Waals surface area contributed by atoms with Crippen molar-refractivity contribution in [2.45, 2.75) is 13.3 Å². The summed E-state index contributed by atoms with van der Waals surface area (Å²) in [6.45, 7) is 2.28. The highest BCUT2D eigenvalue weighted by atomic mass is 32.1. The minimum Gasteiger partial charge on any atom is -0.453 e. The lowest BCUT2D eigenvalue weighted by Crippen LogP contribution is -2.34. The van der Waals surface area contributed by atoms with E-state index in [-0.39, 0.29) is 11.4 Å². The number of rotatable bonds is 5. The fraction of sp³-hybridized carbons (Fsp3) is 0.357. The summed E-state index contributed by atoms with van der Waals surface area (Å²) in [4.78, 5) is 37.7. The Hall–Kier alpha value is -2.15. The number of amides is 1. The van der Waals surface area contributed by atoms with E-state index in [2.05, 4.69) is 9.72 Å². The second-order valence-corrected chi connectivity index (χ2v) is 5.58. The molecule has 6 nitrogen and oxygen atoms in total. The van der Waals surface area contributed by atoms with Crippen molar-refractivity contribution in [2.24, 2.45) is 0 Å². The predicted octanol–water partition coefficient (Wildman–Crippen LogP) is 1.71. The summed E-state index contributed by atoms with van der Waals surface area (Å²) < 4.78 is 5.54. The molecule has 0 atom stereocenters. The van der Waals surface area contributed by atoms with E-state index >= 15 is 0 Å². The van der Waals surface area contributed by atoms with Crippen LogP contribution in [-0.2, 0) is 16.0 Å². The highest BCUT2D eigenvalue weighted by Gasteiger charge is 2.14. The molecule has 112 valence electrons. The molecule has 2 aromatic rings. The summed E-state index contributed by atoms with van der Waals surface area (Å²) in [5.41, 5.74) is 2.81. The molecular formula is C14H16N2O4S. The van der Waals surface area contributed by atoms with Gasteiger partial charge in [0, 0.05) is 6.54 Å². The number of hydrogen-bond acceptors (Lipinski definition) is 5. The first kappa shape index (κ1) is 15.2. The van der Waals surface area contributed by atoms with Gasteiger partial charge in [0.15, 0.2) is 0 Å². The van der Waals surface area contributed by atoms with Gasteiger partial charge in [-0.25, -0.2) is 4.79 Å². The number of aromatic nitrogens is 1. The maximum Gasteiger partial charge on any atom is 0.409 e. The van der Waals surface area contributed by atoms with E-state index in [0.29, 0.717) is 19.3 Å². The molecule has 0 spiro atoms. The van der Waals surface area contributed by atoms with Crippen LogP contribution in [0.4, 0.5) is 4.79 Å². The number of carbonyl (C=O) groups is 2. The van der Waals surface area contributed by atoms with E-state index in [1.807, 2.05) is 19.1 Å². The number of H-pyrrole nitrogens is 1. The molecule has 0 radical (unpaired) electrons. The Morgan fingerprint density at radius 1 is 1.48 bits per heavy atom. The molecule has 0 unspecified atom stereocenters. The third-order valence-corrected chi connectivity index (χ3v) is 4.21. The summed E-state index contributed by atoms with van der Waals surface area (Å²) >= 11 is 1.16. The van der Waals surface area contributed by atoms with Crippen LogP contribution in [0.2, 0.25) is 0 Å². The molecule has 0 saturated heterocycles. The van der Waals surface area contributed by atoms with Crippen LogP contribution in [0.25, 0.3) is 10.2 Å². The van der Waals surface area contributed by atoms with Crippen LogP contribution >= 0.6 is 11.3 Å². The molecular weight excluding hydrogens is 292 g/mol. The molecule has 0 fully saturated rings. The fourth-order valence-electron chi connectivity index (χ4n) is 2.14. The molecule has 0 aliphatic rings. The van der Waals surface area contributed by atoms with Crippen LogP contribution < -0.4 is 4.87 Å². The van der Waals surface area contributed by atoms with Crippen molar-refractivity contribution in [3.05, 3.63) is 32.9 Å². The Morgan fingerprint density at radius 3 is 2.90 bits per heavy atom. The Morgan fingerprint density at radius 2 is 2.24 bits per heavy atom. The van der Waals surface area contributed by atoms with Gasteiger partial charge in [0.2, 0.25) is 0 Å². The number of nitrogens with zero attached hydrogens (tertiary/aromatic N) is 1. The number of fused-ring (bicyclic) bond motifs is 1. The first-order valence-electron chi connectivity index (χ1n) is 6.44. The van der Waals surface area contributed by atoms with Crippen molar-refractivity contribution in [1.29, 1.82) is 0 Å². The molecule has 0 aliphatic heterocycles. The van der Waals surface area contributed by atoms with Crippen LogP contribution in [0, 0.1) is 6.92 Å². The number of carbonyl (C=O) groups excluding carboxylic acids is 2. The predicted molar refractivity (Wildman–Crippen MR) is 80.9 cm³/mol. The smallest absolute Gasteiger partial charge is 0.409 e. The second-order valence-electron chi connectivity index (χ2n) is 4.59. The molecule has 0 bridgehead atoms. The standard InChI is InChI=1S/C14H16N2O4S/c1-9-3-4-10(12-11(9)15-13(18)21-12)5-6-16(7-8-17)14(19)20-2/h3-4,8H,5-7H2,1-2H3,(H,15,18). The molecule has 1 aromatic heterocycles. The first-order chi connectivity index (χ1) is 10.1. The van der Waals surface area contributed by atoms with Gasteiger partial charge in [-0.05, 0) is 24.5 Å². The zero-order chi connectivity index (χ0) is 15.4. The van der Waals surface area contributed by atoms with Gasteiger partial charge >= 0.3 is 11.0 Å². The van der Waals surface area contributed by atoms with Gasteiger partial charge in [0.1, 0.15) is 6.29 Å². The SMILES string of the molecule is COC(=O)N(CC=O)CCc1ccc(C)c2[nH]c(=O)sc12. The van der Waals surface area contributed by atoms with Crippen LogP contribution in [0.3, 0.4) is 0 Å². The molecule has 21 heavy (non-hydrogen) atoms. The number of aryl methyl sites for hydroxylation is 1. The monoisotopic (exact) mass is 308 g/mol. The van der Waals surface area contributed by atoms with E-state index in [4.69, 9.17) is 0 Å². The lowest BCUT2D eigenvalue weighted by Gasteiger charge is -2.18. The second kappa shape index (κ2) is 6.53. The van der Waals surface area contributed by atoms with Gasteiger partial charge in [0.05, 0.1) is 23.9 Å². The van der Waals surface area contributed by atoms with Gasteiger partial charge in [-0.2, -0.15) is 0 Å². The number of methoxy groups -OCH3 is 1. The van der Waals surface area contributed by atoms with Crippen molar-refractivity contribution in [3.8, 4) is 0 Å². The van der Waals surface area contributed by atoms with Gasteiger partial charge in [-0.3, -0.25) is 4.79 Å². The zero-order valence-electron chi connectivity index (χ0n) is 11.8. The van der Waals surface area contributed by atoms with E-state index in [1.165, 1.54) is 12.0 Å². The molecule has 1 amide bonds. The van der Waals surface area contributed by atoms with Crippen molar-refractivity contribution in [2.75, 3.05) is 20.2 Å². The van der Waals surface area contributed by atoms with E-state index in [9.17, 15) is 14.4 Å². The maximum absolute atomic E-state index is 11.5. The summed E-state index contributed by atoms with van der Waals surface area (Å²) in [5.74, 6) is 0. The molecule has 2 rings (SSSR count). The molecule has 1 aromatic carbocycles. The Bertz CT molecular complexity index is 719. The summed E-state index contributed by atoms with van der Waals surface area (Å²) in [6, 6.07) is 3.88. The van der Waals surface area contributed by atoms with Gasteiger partial charge in [-0.15, -0.1) is 0 Å². The van der Waals surface area contributed by atoms with Crippen molar-refractivity contribution < 1.29 is 14.3 Å². The van der Waals surface area contributed by atoms with Crippen LogP contribution in [0.15, 0.2) is 16.9 Å². The average molecular weight is 308 g/mol. The Kier molecular flexibility index (Phi) is 4.74. The van der Waals surface area contributed by atoms with Crippen LogP contribution in [0.1, 0.15) is 11.1 Å². The third kappa shape index (κ3) is 3.30. The maximum atomic E-state index is 11.5. The molecule has 0 saturated carbocycles. The van der Waals surface area contributed by atoms with E-state index in [1.54, 1.807) is 0 Å². The average Bonchev–Trinajstić information content (AvgIpc) is 2.87. The van der Waals surface area contributed by atoms with Gasteiger partial charge in [0.25, 0.3) is 0 Å². The lowest BCUT2D eigenvalue weighted by atomic mass is 10.1. The topological polar surface area (TPSA) is 79.5 Å². The number of benzene rings is 1. The van der Waals surface area contributed by atoms with Crippen molar-refractivity contribution in [1.82, 2.24) is 9.88 Å². The van der Waals surface area contributed by atoms with Gasteiger partial charge in [-0.1, -0.05) is 23.5 Å². The number of aromatic amines is 1. The number of aldehydes is 1. The minimum atomic E-state index is -0.535. The number of nitrogens with one attached hydrogen (secondary N) is 1. The number of hydrogen-bond donors (Lipinski definition) is 1. The Labute approximate surface area is 125 Å². The summed E-state index contributed by atoms with van der Waals surface area (Å²) in [6.07, 6.45) is 0.678. The quantitative estimate of drug-likeness (QED) is 0.853.